The molecule has 3 atom stereocenters. The highest BCUT2D eigenvalue weighted by Gasteiger charge is 2.45. The molecule has 8 nitrogen and oxygen atoms in total. The van der Waals surface area contributed by atoms with E-state index in [0.29, 0.717) is 31.3 Å². The molecule has 0 saturated carbocycles. The van der Waals surface area contributed by atoms with E-state index in [1.807, 2.05) is 4.90 Å². The second-order valence-corrected chi connectivity index (χ2v) is 7.18. The highest BCUT2D eigenvalue weighted by molar-refractivity contribution is 5.89. The van der Waals surface area contributed by atoms with Crippen molar-refractivity contribution in [2.45, 2.75) is 64.6 Å². The van der Waals surface area contributed by atoms with Gasteiger partial charge in [0.25, 0.3) is 0 Å². The van der Waals surface area contributed by atoms with Gasteiger partial charge in [0.05, 0.1) is 12.0 Å². The molecule has 3 rings (SSSR count). The first-order chi connectivity index (χ1) is 12.5. The molecule has 3 heterocycles. The van der Waals surface area contributed by atoms with Gasteiger partial charge >= 0.3 is 0 Å². The molecule has 1 aromatic heterocycles. The van der Waals surface area contributed by atoms with Crippen LogP contribution >= 0.6 is 0 Å². The van der Waals surface area contributed by atoms with E-state index >= 15 is 0 Å². The number of nitrogens with zero attached hydrogens (tertiary/aromatic N) is 4. The summed E-state index contributed by atoms with van der Waals surface area (Å²) in [7, 11) is 1.64. The smallest absolute Gasteiger partial charge is 0.239 e. The minimum absolute atomic E-state index is 0.0211. The maximum absolute atomic E-state index is 13.2. The topological polar surface area (TPSA) is 88.8 Å². The van der Waals surface area contributed by atoms with Gasteiger partial charge in [-0.3, -0.25) is 9.59 Å². The van der Waals surface area contributed by atoms with Gasteiger partial charge in [-0.25, -0.2) is 0 Å². The van der Waals surface area contributed by atoms with Gasteiger partial charge in [-0.2, -0.15) is 0 Å². The molecule has 0 spiro atoms. The fourth-order valence-electron chi connectivity index (χ4n) is 4.11. The molecule has 2 aliphatic rings. The van der Waals surface area contributed by atoms with Crippen molar-refractivity contribution >= 4 is 11.8 Å². The van der Waals surface area contributed by atoms with Gasteiger partial charge in [0, 0.05) is 46.0 Å². The van der Waals surface area contributed by atoms with Crippen LogP contribution in [0.1, 0.15) is 57.4 Å². The number of aromatic nitrogens is 2. The molecular formula is C18H28N4O4. The zero-order valence-electron chi connectivity index (χ0n) is 16.0. The number of likely N-dealkylation sites (tertiary alicyclic amines) is 2. The van der Waals surface area contributed by atoms with Gasteiger partial charge in [-0.05, 0) is 12.8 Å². The van der Waals surface area contributed by atoms with Crippen LogP contribution in [0.25, 0.3) is 0 Å². The summed E-state index contributed by atoms with van der Waals surface area (Å²) >= 11 is 0. The summed E-state index contributed by atoms with van der Waals surface area (Å²) in [5, 5.41) is 7.98. The second-order valence-electron chi connectivity index (χ2n) is 7.18. The van der Waals surface area contributed by atoms with Gasteiger partial charge in [0.2, 0.25) is 23.6 Å². The van der Waals surface area contributed by atoms with E-state index in [1.54, 1.807) is 18.9 Å². The Bertz CT molecular complexity index is 657. The predicted octanol–water partition coefficient (Wildman–Crippen LogP) is 1.70. The molecule has 1 unspecified atom stereocenters. The molecule has 2 saturated heterocycles. The molecule has 2 amide bonds. The molecule has 1 aromatic rings. The van der Waals surface area contributed by atoms with E-state index in [2.05, 4.69) is 24.0 Å². The van der Waals surface area contributed by atoms with Crippen molar-refractivity contribution in [3.8, 4) is 0 Å². The highest BCUT2D eigenvalue weighted by atomic mass is 16.5. The summed E-state index contributed by atoms with van der Waals surface area (Å²) in [5.74, 6) is 0.656. The van der Waals surface area contributed by atoms with Crippen LogP contribution in [0.3, 0.4) is 0 Å². The largest absolute Gasteiger partial charge is 0.423 e. The van der Waals surface area contributed by atoms with Gasteiger partial charge < -0.3 is 19.0 Å². The zero-order valence-corrected chi connectivity index (χ0v) is 16.0. The van der Waals surface area contributed by atoms with E-state index in [0.717, 1.165) is 12.8 Å². The maximum Gasteiger partial charge on any atom is 0.239 e. The maximum atomic E-state index is 13.2. The Labute approximate surface area is 153 Å². The van der Waals surface area contributed by atoms with Crippen LogP contribution in [0.5, 0.6) is 0 Å². The minimum atomic E-state index is -0.315. The summed E-state index contributed by atoms with van der Waals surface area (Å²) < 4.78 is 11.0. The van der Waals surface area contributed by atoms with Crippen LogP contribution in [0.15, 0.2) is 4.42 Å². The molecular weight excluding hydrogens is 336 g/mol. The van der Waals surface area contributed by atoms with Crippen molar-refractivity contribution < 1.29 is 18.7 Å². The molecule has 2 aliphatic heterocycles. The molecule has 26 heavy (non-hydrogen) atoms. The average molecular weight is 364 g/mol. The summed E-state index contributed by atoms with van der Waals surface area (Å²) in [5.41, 5.74) is 0. The number of hydrogen-bond donors (Lipinski definition) is 0. The van der Waals surface area contributed by atoms with Crippen molar-refractivity contribution in [1.82, 2.24) is 20.0 Å². The Balaban J connectivity index is 1.76. The fraction of sp³-hybridized carbons (Fsp3) is 0.778. The van der Waals surface area contributed by atoms with Crippen molar-refractivity contribution in [2.75, 3.05) is 20.2 Å². The van der Waals surface area contributed by atoms with Crippen LogP contribution in [0, 0.1) is 12.8 Å². The number of carbonyl (C=O) groups is 2. The fourth-order valence-corrected chi connectivity index (χ4v) is 4.11. The lowest BCUT2D eigenvalue weighted by molar-refractivity contribution is -0.137. The standard InChI is InChI=1S/C18H28N4O4/c1-5-13(6-2)21-9-12(7-16(21)23)18(24)22-10-14(25-4)8-15(22)17-20-19-11(3)26-17/h12-15H,5-10H2,1-4H3/t12?,14-,15-/m1/s1. The summed E-state index contributed by atoms with van der Waals surface area (Å²) in [4.78, 5) is 29.3. The molecule has 2 fully saturated rings. The molecule has 144 valence electrons. The van der Waals surface area contributed by atoms with E-state index in [-0.39, 0.29) is 42.3 Å². The van der Waals surface area contributed by atoms with Crippen LogP contribution in [0.2, 0.25) is 0 Å². The lowest BCUT2D eigenvalue weighted by Gasteiger charge is -2.28. The number of aryl methyl sites for hydroxylation is 1. The van der Waals surface area contributed by atoms with Crippen molar-refractivity contribution in [2.24, 2.45) is 5.92 Å². The first-order valence-corrected chi connectivity index (χ1v) is 9.41. The Morgan fingerprint density at radius 1 is 1.31 bits per heavy atom. The van der Waals surface area contributed by atoms with Gasteiger partial charge in [-0.15, -0.1) is 10.2 Å². The number of rotatable bonds is 6. The number of methoxy groups -OCH3 is 1. The quantitative estimate of drug-likeness (QED) is 0.763. The minimum Gasteiger partial charge on any atom is -0.423 e. The number of hydrogen-bond acceptors (Lipinski definition) is 6. The van der Waals surface area contributed by atoms with Crippen LogP contribution < -0.4 is 0 Å². The van der Waals surface area contributed by atoms with E-state index < -0.39 is 0 Å². The number of ether oxygens (including phenoxy) is 1. The first-order valence-electron chi connectivity index (χ1n) is 9.41. The molecule has 0 radical (unpaired) electrons. The summed E-state index contributed by atoms with van der Waals surface area (Å²) in [6, 6.07) is -0.0778. The van der Waals surface area contributed by atoms with Gasteiger partial charge in [0.1, 0.15) is 6.04 Å². The van der Waals surface area contributed by atoms with Crippen LogP contribution in [0.4, 0.5) is 0 Å². The summed E-state index contributed by atoms with van der Waals surface area (Å²) in [6.45, 7) is 6.86. The Morgan fingerprint density at radius 3 is 2.62 bits per heavy atom. The molecule has 8 heteroatoms. The zero-order chi connectivity index (χ0) is 18.8. The number of carbonyl (C=O) groups excluding carboxylic acids is 2. The lowest BCUT2D eigenvalue weighted by atomic mass is 10.1. The highest BCUT2D eigenvalue weighted by Crippen LogP contribution is 2.35. The molecule has 0 bridgehead atoms. The Hall–Kier alpha value is -1.96. The Kier molecular flexibility index (Phi) is 5.60. The van der Waals surface area contributed by atoms with E-state index in [4.69, 9.17) is 9.15 Å². The molecule has 0 N–H and O–H groups in total. The third-order valence-electron chi connectivity index (χ3n) is 5.60. The van der Waals surface area contributed by atoms with Gasteiger partial charge in [0.15, 0.2) is 0 Å². The SMILES string of the molecule is CCC(CC)N1CC(C(=O)N2C[C@H](OC)C[C@@H]2c2nnc(C)o2)CC1=O. The summed E-state index contributed by atoms with van der Waals surface area (Å²) in [6.07, 6.45) is 2.65. The third-order valence-corrected chi connectivity index (χ3v) is 5.60. The van der Waals surface area contributed by atoms with Gasteiger partial charge in [-0.1, -0.05) is 13.8 Å². The van der Waals surface area contributed by atoms with Crippen molar-refractivity contribution in [3.05, 3.63) is 11.8 Å². The molecule has 0 aromatic carbocycles. The predicted molar refractivity (Wildman–Crippen MR) is 93.1 cm³/mol. The van der Waals surface area contributed by atoms with Crippen LogP contribution in [-0.4, -0.2) is 64.2 Å². The van der Waals surface area contributed by atoms with Crippen LogP contribution in [-0.2, 0) is 14.3 Å². The van der Waals surface area contributed by atoms with E-state index in [1.165, 1.54) is 0 Å². The van der Waals surface area contributed by atoms with E-state index in [9.17, 15) is 9.59 Å². The third kappa shape index (κ3) is 3.47. The number of amides is 2. The Morgan fingerprint density at radius 2 is 2.04 bits per heavy atom. The average Bonchev–Trinajstić information content (AvgIpc) is 3.34. The normalized spacial score (nSPS) is 26.3. The van der Waals surface area contributed by atoms with Crippen molar-refractivity contribution in [1.29, 1.82) is 0 Å². The first kappa shape index (κ1) is 18.8. The van der Waals surface area contributed by atoms with Crippen molar-refractivity contribution in [3.63, 3.8) is 0 Å². The molecule has 0 aliphatic carbocycles. The lowest BCUT2D eigenvalue weighted by Crippen LogP contribution is -2.40. The monoisotopic (exact) mass is 364 g/mol. The second kappa shape index (κ2) is 7.73.